The summed E-state index contributed by atoms with van der Waals surface area (Å²) >= 11 is 0. The lowest BCUT2D eigenvalue weighted by atomic mass is 10.1. The van der Waals surface area contributed by atoms with E-state index in [4.69, 9.17) is 5.39 Å². The first-order valence-corrected chi connectivity index (χ1v) is 3.72. The molecule has 0 spiro atoms. The molecule has 1 aromatic carbocycles. The van der Waals surface area contributed by atoms with Gasteiger partial charge in [-0.15, -0.1) is 0 Å². The molecule has 0 heterocycles. The van der Waals surface area contributed by atoms with Crippen molar-refractivity contribution in [2.24, 2.45) is 0 Å². The lowest BCUT2D eigenvalue weighted by Crippen LogP contribution is -1.81. The second kappa shape index (κ2) is 3.16. The molecule has 1 aromatic rings. The molecule has 0 atom stereocenters. The minimum atomic E-state index is 0.679. The van der Waals surface area contributed by atoms with Crippen molar-refractivity contribution in [1.29, 1.82) is 5.39 Å². The first-order valence-electron chi connectivity index (χ1n) is 3.72. The summed E-state index contributed by atoms with van der Waals surface area (Å²) in [6, 6.07) is 5.80. The van der Waals surface area contributed by atoms with Crippen LogP contribution in [0.5, 0.6) is 0 Å². The number of nitrogens with zero attached hydrogens (tertiary/aromatic N) is 2. The Morgan fingerprint density at radius 1 is 1.45 bits per heavy atom. The van der Waals surface area contributed by atoms with Gasteiger partial charge in [0.1, 0.15) is 0 Å². The number of hydrogen-bond donors (Lipinski definition) is 0. The quantitative estimate of drug-likeness (QED) is 0.561. The molecule has 56 valence electrons. The summed E-state index contributed by atoms with van der Waals surface area (Å²) in [5.74, 6) is 0. The topological polar surface area (TPSA) is 28.1 Å². The normalized spacial score (nSPS) is 9.18. The van der Waals surface area contributed by atoms with Crippen molar-refractivity contribution < 1.29 is 0 Å². The van der Waals surface area contributed by atoms with Crippen LogP contribution in [0.3, 0.4) is 0 Å². The number of rotatable bonds is 1. The van der Waals surface area contributed by atoms with Gasteiger partial charge in [0.05, 0.1) is 0 Å². The predicted octanol–water partition coefficient (Wildman–Crippen LogP) is 3.04. The van der Waals surface area contributed by atoms with Crippen molar-refractivity contribution in [2.75, 3.05) is 0 Å². The molecule has 0 saturated carbocycles. The van der Waals surface area contributed by atoms with Crippen molar-refractivity contribution in [2.45, 2.75) is 20.3 Å². The summed E-state index contributed by atoms with van der Waals surface area (Å²) in [6.45, 7) is 4.07. The number of aryl methyl sites for hydroxylation is 2. The van der Waals surface area contributed by atoms with Crippen LogP contribution in [-0.2, 0) is 6.42 Å². The lowest BCUT2D eigenvalue weighted by molar-refractivity contribution is 1.14. The molecule has 0 aromatic heterocycles. The summed E-state index contributed by atoms with van der Waals surface area (Å²) in [5, 5.41) is 8.57. The fourth-order valence-corrected chi connectivity index (χ4v) is 1.10. The van der Waals surface area contributed by atoms with Crippen LogP contribution in [-0.4, -0.2) is 0 Å². The van der Waals surface area contributed by atoms with E-state index in [1.54, 1.807) is 0 Å². The summed E-state index contributed by atoms with van der Waals surface area (Å²) in [7, 11) is 0. The molecule has 0 radical (unpaired) electrons. The van der Waals surface area contributed by atoms with Crippen LogP contribution in [0.1, 0.15) is 18.1 Å². The molecule has 2 heteroatoms. The Kier molecular flexibility index (Phi) is 2.22. The second-order valence-electron chi connectivity index (χ2n) is 2.59. The van der Waals surface area contributed by atoms with Crippen LogP contribution in [0.15, 0.2) is 18.2 Å². The Labute approximate surface area is 66.5 Å². The first-order chi connectivity index (χ1) is 5.27. The smallest absolute Gasteiger partial charge is 0.0610 e. The molecule has 1 rings (SSSR count). The standard InChI is InChI=1S/C9H11N2/c1-3-8-6-7(2)4-5-9(8)11-10/h4-6H,3H2,1-2H3/q+1. The summed E-state index contributed by atoms with van der Waals surface area (Å²) in [6.07, 6.45) is 0.904. The summed E-state index contributed by atoms with van der Waals surface area (Å²) in [4.78, 5) is 3.18. The van der Waals surface area contributed by atoms with E-state index in [0.29, 0.717) is 5.69 Å². The zero-order chi connectivity index (χ0) is 8.27. The average molecular weight is 147 g/mol. The highest BCUT2D eigenvalue weighted by Crippen LogP contribution is 2.20. The molecule has 0 fully saturated rings. The van der Waals surface area contributed by atoms with Crippen LogP contribution >= 0.6 is 0 Å². The maximum absolute atomic E-state index is 8.57. The van der Waals surface area contributed by atoms with E-state index >= 15 is 0 Å². The van der Waals surface area contributed by atoms with Crippen LogP contribution in [0.2, 0.25) is 0 Å². The summed E-state index contributed by atoms with van der Waals surface area (Å²) < 4.78 is 0. The number of benzene rings is 1. The Bertz CT molecular complexity index is 297. The molecular weight excluding hydrogens is 136 g/mol. The third-order valence-electron chi connectivity index (χ3n) is 1.72. The van der Waals surface area contributed by atoms with E-state index in [-0.39, 0.29) is 0 Å². The molecule has 2 nitrogen and oxygen atoms in total. The third kappa shape index (κ3) is 1.56. The maximum atomic E-state index is 8.57. The summed E-state index contributed by atoms with van der Waals surface area (Å²) in [5.41, 5.74) is 2.97. The van der Waals surface area contributed by atoms with E-state index < -0.39 is 0 Å². The third-order valence-corrected chi connectivity index (χ3v) is 1.72. The largest absolute Gasteiger partial charge is 0.388 e. The van der Waals surface area contributed by atoms with Gasteiger partial charge in [0.25, 0.3) is 0 Å². The zero-order valence-electron chi connectivity index (χ0n) is 6.83. The minimum Gasteiger partial charge on any atom is -0.0610 e. The van der Waals surface area contributed by atoms with Gasteiger partial charge in [-0.05, 0) is 19.4 Å². The van der Waals surface area contributed by atoms with Gasteiger partial charge in [0.15, 0.2) is 4.98 Å². The van der Waals surface area contributed by atoms with Gasteiger partial charge in [0, 0.05) is 11.6 Å². The fraction of sp³-hybridized carbons (Fsp3) is 0.333. The van der Waals surface area contributed by atoms with E-state index in [1.165, 1.54) is 5.56 Å². The second-order valence-corrected chi connectivity index (χ2v) is 2.59. The molecular formula is C9H11N2+. The van der Waals surface area contributed by atoms with Crippen LogP contribution in [0, 0.1) is 12.3 Å². The highest BCUT2D eigenvalue weighted by molar-refractivity contribution is 5.52. The van der Waals surface area contributed by atoms with Gasteiger partial charge in [-0.2, -0.15) is 0 Å². The average Bonchev–Trinajstić information content (AvgIpc) is 2.04. The van der Waals surface area contributed by atoms with Crippen molar-refractivity contribution in [3.8, 4) is 0 Å². The maximum Gasteiger partial charge on any atom is 0.388 e. The molecule has 0 amide bonds. The number of diazo groups is 1. The molecule has 0 bridgehead atoms. The van der Waals surface area contributed by atoms with E-state index in [9.17, 15) is 0 Å². The highest BCUT2D eigenvalue weighted by Gasteiger charge is 2.10. The van der Waals surface area contributed by atoms with Crippen molar-refractivity contribution >= 4 is 5.69 Å². The van der Waals surface area contributed by atoms with Gasteiger partial charge in [0.2, 0.25) is 5.39 Å². The molecule has 0 unspecified atom stereocenters. The van der Waals surface area contributed by atoms with E-state index in [2.05, 4.69) is 4.98 Å². The molecule has 0 aliphatic carbocycles. The predicted molar refractivity (Wildman–Crippen MR) is 45.3 cm³/mol. The fourth-order valence-electron chi connectivity index (χ4n) is 1.10. The molecule has 11 heavy (non-hydrogen) atoms. The van der Waals surface area contributed by atoms with Crippen LogP contribution < -0.4 is 0 Å². The van der Waals surface area contributed by atoms with Gasteiger partial charge < -0.3 is 0 Å². The molecule has 0 saturated heterocycles. The van der Waals surface area contributed by atoms with Gasteiger partial charge >= 0.3 is 5.69 Å². The van der Waals surface area contributed by atoms with Crippen LogP contribution in [0.4, 0.5) is 5.69 Å². The Balaban J connectivity index is 3.19. The van der Waals surface area contributed by atoms with Crippen molar-refractivity contribution in [3.63, 3.8) is 0 Å². The van der Waals surface area contributed by atoms with E-state index in [1.807, 2.05) is 32.0 Å². The molecule has 0 N–H and O–H groups in total. The Morgan fingerprint density at radius 3 is 2.73 bits per heavy atom. The SMILES string of the molecule is CCc1cc(C)ccc1[N+]#N. The first kappa shape index (κ1) is 7.74. The van der Waals surface area contributed by atoms with Gasteiger partial charge in [-0.3, -0.25) is 0 Å². The van der Waals surface area contributed by atoms with Crippen molar-refractivity contribution in [1.82, 2.24) is 0 Å². The monoisotopic (exact) mass is 147 g/mol. The Morgan fingerprint density at radius 2 is 2.18 bits per heavy atom. The van der Waals surface area contributed by atoms with Gasteiger partial charge in [-0.1, -0.05) is 18.6 Å². The minimum absolute atomic E-state index is 0.679. The number of hydrogen-bond acceptors (Lipinski definition) is 1. The van der Waals surface area contributed by atoms with Crippen molar-refractivity contribution in [3.05, 3.63) is 34.3 Å². The van der Waals surface area contributed by atoms with Gasteiger partial charge in [-0.25, -0.2) is 0 Å². The van der Waals surface area contributed by atoms with Crippen LogP contribution in [0.25, 0.3) is 4.98 Å². The molecule has 0 aliphatic heterocycles. The zero-order valence-corrected chi connectivity index (χ0v) is 6.83. The molecule has 0 aliphatic rings. The lowest BCUT2D eigenvalue weighted by Gasteiger charge is -1.92. The Hall–Kier alpha value is -1.36. The highest BCUT2D eigenvalue weighted by atomic mass is 14.8. The van der Waals surface area contributed by atoms with E-state index in [0.717, 1.165) is 12.0 Å².